The number of rotatable bonds is 5. The number of sulfonamides is 1. The molecule has 0 aromatic rings. The Morgan fingerprint density at radius 2 is 2.00 bits per heavy atom. The highest BCUT2D eigenvalue weighted by molar-refractivity contribution is 7.90. The first kappa shape index (κ1) is 16.7. The first-order valence-electron chi connectivity index (χ1n) is 8.60. The van der Waals surface area contributed by atoms with E-state index in [1.807, 2.05) is 6.92 Å². The number of carbonyl (C=O) groups excluding carboxylic acids is 2. The third-order valence-corrected chi connectivity index (χ3v) is 7.07. The molecule has 3 amide bonds. The van der Waals surface area contributed by atoms with E-state index in [2.05, 4.69) is 4.72 Å². The van der Waals surface area contributed by atoms with Crippen molar-refractivity contribution in [3.05, 3.63) is 23.8 Å². The summed E-state index contributed by atoms with van der Waals surface area (Å²) >= 11 is 0. The van der Waals surface area contributed by atoms with Crippen LogP contribution in [0.3, 0.4) is 0 Å². The number of likely N-dealkylation sites (N-methyl/N-ethyl adjacent to an activating group) is 1. The quantitative estimate of drug-likeness (QED) is 0.731. The Balaban J connectivity index is 1.70. The minimum atomic E-state index is -3.61. The molecule has 8 heteroatoms. The summed E-state index contributed by atoms with van der Waals surface area (Å²) < 4.78 is 29.6. The van der Waals surface area contributed by atoms with Crippen LogP contribution in [0.1, 0.15) is 32.6 Å². The maximum absolute atomic E-state index is 12.6. The van der Waals surface area contributed by atoms with Gasteiger partial charge in [0.15, 0.2) is 0 Å². The van der Waals surface area contributed by atoms with E-state index in [1.54, 1.807) is 16.7 Å². The summed E-state index contributed by atoms with van der Waals surface area (Å²) in [7, 11) is -2.17. The van der Waals surface area contributed by atoms with Crippen molar-refractivity contribution in [2.45, 2.75) is 43.4 Å². The fraction of sp³-hybridized carbons (Fsp3) is 0.588. The van der Waals surface area contributed by atoms with Crippen molar-refractivity contribution in [2.24, 2.45) is 5.92 Å². The van der Waals surface area contributed by atoms with Gasteiger partial charge in [0.2, 0.25) is 10.0 Å². The summed E-state index contributed by atoms with van der Waals surface area (Å²) in [6, 6.07) is -0.348. The van der Waals surface area contributed by atoms with Gasteiger partial charge in [0.25, 0.3) is 0 Å². The Morgan fingerprint density at radius 3 is 2.60 bits per heavy atom. The maximum atomic E-state index is 12.6. The van der Waals surface area contributed by atoms with Crippen molar-refractivity contribution < 1.29 is 22.6 Å². The molecule has 0 saturated heterocycles. The molecule has 1 aliphatic heterocycles. The molecule has 3 aliphatic carbocycles. The van der Waals surface area contributed by atoms with Crippen LogP contribution in [0.5, 0.6) is 0 Å². The highest BCUT2D eigenvalue weighted by Crippen LogP contribution is 2.36. The molecule has 1 heterocycles. The molecule has 1 N–H and O–H groups in total. The molecular formula is C17H22N3O4S+. The molecule has 2 fully saturated rings. The zero-order valence-electron chi connectivity index (χ0n) is 14.4. The molecule has 0 radical (unpaired) electrons. The Labute approximate surface area is 147 Å². The molecule has 4 aliphatic rings. The molecular weight excluding hydrogens is 342 g/mol. The molecule has 2 saturated carbocycles. The summed E-state index contributed by atoms with van der Waals surface area (Å²) in [5.41, 5.74) is 0.446. The lowest BCUT2D eigenvalue weighted by atomic mass is 10.00. The Hall–Kier alpha value is -1.80. The zero-order chi connectivity index (χ0) is 18.0. The second-order valence-electron chi connectivity index (χ2n) is 7.70. The van der Waals surface area contributed by atoms with Crippen LogP contribution in [0.15, 0.2) is 23.8 Å². The summed E-state index contributed by atoms with van der Waals surface area (Å²) in [5.74, 6) is 0.0138. The Kier molecular flexibility index (Phi) is 3.56. The minimum absolute atomic E-state index is 0.293. The maximum Gasteiger partial charge on any atom is 0.501 e. The normalized spacial score (nSPS) is 28.2. The number of hydrogen-bond donors (Lipinski definition) is 1. The van der Waals surface area contributed by atoms with E-state index in [9.17, 15) is 18.0 Å². The standard InChI is InChI=1S/C17H22N3O4S/c1-17(7-8-17)18-25(23,24)12-5-6-14-13(9-12)15(21)19(2)16(22)20(14)10-11-3-4-11/h5-6,9,11-12,18H,3-4,7-8,10H2,1-2H3/q+1. The number of allylic oxidation sites excluding steroid dienone is 1. The molecule has 0 bridgehead atoms. The van der Waals surface area contributed by atoms with Gasteiger partial charge in [-0.15, -0.1) is 0 Å². The molecule has 25 heavy (non-hydrogen) atoms. The van der Waals surface area contributed by atoms with E-state index < -0.39 is 21.2 Å². The van der Waals surface area contributed by atoms with Gasteiger partial charge < -0.3 is 0 Å². The highest BCUT2D eigenvalue weighted by atomic mass is 32.2. The summed E-state index contributed by atoms with van der Waals surface area (Å²) in [6.45, 7) is 2.44. The van der Waals surface area contributed by atoms with Gasteiger partial charge in [-0.05, 0) is 50.7 Å². The number of nitrogens with one attached hydrogen (secondary N) is 1. The fourth-order valence-corrected chi connectivity index (χ4v) is 4.81. The third kappa shape index (κ3) is 2.97. The average molecular weight is 364 g/mol. The zero-order valence-corrected chi connectivity index (χ0v) is 15.2. The number of carbonyl (C=O) groups is 2. The molecule has 7 nitrogen and oxygen atoms in total. The highest BCUT2D eigenvalue weighted by Gasteiger charge is 2.47. The molecule has 1 atom stereocenters. The van der Waals surface area contributed by atoms with Crippen LogP contribution >= 0.6 is 0 Å². The van der Waals surface area contributed by atoms with Crippen molar-refractivity contribution >= 4 is 27.7 Å². The predicted octanol–water partition coefficient (Wildman–Crippen LogP) is 0.779. The van der Waals surface area contributed by atoms with Crippen LogP contribution in [0.25, 0.3) is 0 Å². The van der Waals surface area contributed by atoms with Crippen LogP contribution in [-0.2, 0) is 14.8 Å². The molecule has 134 valence electrons. The first-order chi connectivity index (χ1) is 11.7. The smallest absolute Gasteiger partial charge is 0.241 e. The molecule has 0 spiro atoms. The fourth-order valence-electron chi connectivity index (χ4n) is 3.18. The predicted molar refractivity (Wildman–Crippen MR) is 91.7 cm³/mol. The van der Waals surface area contributed by atoms with Gasteiger partial charge in [-0.25, -0.2) is 17.9 Å². The van der Waals surface area contributed by atoms with Crippen molar-refractivity contribution in [3.8, 4) is 0 Å². The third-order valence-electron chi connectivity index (χ3n) is 5.28. The van der Waals surface area contributed by atoms with Gasteiger partial charge in [-0.3, -0.25) is 0 Å². The average Bonchev–Trinajstić information content (AvgIpc) is 3.48. The van der Waals surface area contributed by atoms with Crippen LogP contribution in [0.2, 0.25) is 0 Å². The van der Waals surface area contributed by atoms with Crippen molar-refractivity contribution in [2.75, 3.05) is 13.6 Å². The largest absolute Gasteiger partial charge is 0.501 e. The van der Waals surface area contributed by atoms with Crippen molar-refractivity contribution in [1.82, 2.24) is 9.62 Å². The van der Waals surface area contributed by atoms with E-state index in [1.165, 1.54) is 13.1 Å². The van der Waals surface area contributed by atoms with E-state index in [0.717, 1.165) is 30.6 Å². The lowest BCUT2D eigenvalue weighted by Gasteiger charge is -2.25. The van der Waals surface area contributed by atoms with Crippen molar-refractivity contribution in [1.29, 1.82) is 0 Å². The molecule has 1 unspecified atom stereocenters. The van der Waals surface area contributed by atoms with Crippen LogP contribution in [0, 0.1) is 5.92 Å². The second-order valence-corrected chi connectivity index (χ2v) is 9.54. The van der Waals surface area contributed by atoms with Gasteiger partial charge in [0, 0.05) is 5.54 Å². The molecule has 0 aromatic heterocycles. The van der Waals surface area contributed by atoms with Crippen LogP contribution in [-0.4, -0.2) is 59.9 Å². The van der Waals surface area contributed by atoms with Gasteiger partial charge in [-0.1, -0.05) is 6.08 Å². The van der Waals surface area contributed by atoms with Crippen LogP contribution in [0.4, 0.5) is 4.79 Å². The van der Waals surface area contributed by atoms with Gasteiger partial charge in [0.05, 0.1) is 13.6 Å². The second kappa shape index (κ2) is 5.35. The number of nitrogens with zero attached hydrogens (tertiary/aromatic N) is 2. The molecule has 4 rings (SSSR count). The number of fused-ring (bicyclic) bond motifs is 1. The minimum Gasteiger partial charge on any atom is -0.241 e. The summed E-state index contributed by atoms with van der Waals surface area (Å²) in [5, 5.41) is -0.906. The number of imide groups is 1. The number of amides is 3. The van der Waals surface area contributed by atoms with Crippen LogP contribution < -0.4 is 4.72 Å². The number of urea groups is 1. The summed E-state index contributed by atoms with van der Waals surface area (Å²) in [4.78, 5) is 26.0. The summed E-state index contributed by atoms with van der Waals surface area (Å²) in [6.07, 6.45) is 8.44. The van der Waals surface area contributed by atoms with Gasteiger partial charge >= 0.3 is 11.9 Å². The van der Waals surface area contributed by atoms with E-state index >= 15 is 0 Å². The monoisotopic (exact) mass is 364 g/mol. The van der Waals surface area contributed by atoms with E-state index in [-0.39, 0.29) is 11.6 Å². The van der Waals surface area contributed by atoms with Gasteiger partial charge in [0.1, 0.15) is 16.5 Å². The molecule has 0 aromatic carbocycles. The lowest BCUT2D eigenvalue weighted by molar-refractivity contribution is -0.439. The first-order valence-corrected chi connectivity index (χ1v) is 10.1. The van der Waals surface area contributed by atoms with Gasteiger partial charge in [-0.2, -0.15) is 14.3 Å². The van der Waals surface area contributed by atoms with E-state index in [0.29, 0.717) is 23.7 Å². The number of hydrogen-bond acceptors (Lipinski definition) is 4. The topological polar surface area (TPSA) is 86.6 Å². The SMILES string of the molecule is CN1C(=O)C2=CC(S(=O)(=O)NC3(C)CC3)C=CC2=[N+](CC2CC2)C1=O. The Bertz CT molecular complexity index is 860. The lowest BCUT2D eigenvalue weighted by Crippen LogP contribution is -2.51. The van der Waals surface area contributed by atoms with Crippen molar-refractivity contribution in [3.63, 3.8) is 0 Å². The Morgan fingerprint density at radius 1 is 1.32 bits per heavy atom. The van der Waals surface area contributed by atoms with E-state index in [4.69, 9.17) is 0 Å².